The number of carbonyl (C=O) groups excluding carboxylic acids is 1. The van der Waals surface area contributed by atoms with Gasteiger partial charge in [0.25, 0.3) is 0 Å². The van der Waals surface area contributed by atoms with Crippen molar-refractivity contribution in [3.8, 4) is 0 Å². The number of anilines is 1. The van der Waals surface area contributed by atoms with Crippen LogP contribution in [0.5, 0.6) is 0 Å². The molecule has 2 fully saturated rings. The number of ether oxygens (including phenoxy) is 1. The van der Waals surface area contributed by atoms with Crippen LogP contribution in [-0.2, 0) is 4.74 Å². The number of esters is 1. The highest BCUT2D eigenvalue weighted by Crippen LogP contribution is 2.44. The van der Waals surface area contributed by atoms with E-state index < -0.39 is 0 Å². The fourth-order valence-electron chi connectivity index (χ4n) is 3.89. The molecule has 23 heavy (non-hydrogen) atoms. The number of fused-ring (bicyclic) bond motifs is 2. The van der Waals surface area contributed by atoms with Crippen LogP contribution < -0.4 is 10.6 Å². The zero-order valence-electron chi connectivity index (χ0n) is 13.9. The molecule has 2 N–H and O–H groups in total. The molecule has 3 atom stereocenters. The van der Waals surface area contributed by atoms with Crippen molar-refractivity contribution in [2.45, 2.75) is 52.5 Å². The summed E-state index contributed by atoms with van der Waals surface area (Å²) in [6, 6.07) is 0.488. The third kappa shape index (κ3) is 3.38. The van der Waals surface area contributed by atoms with Crippen molar-refractivity contribution in [2.75, 3.05) is 11.9 Å². The topological polar surface area (TPSA) is 50.4 Å². The Bertz CT molecular complexity index is 626. The van der Waals surface area contributed by atoms with Gasteiger partial charge in [0.05, 0.1) is 12.2 Å². The van der Waals surface area contributed by atoms with Gasteiger partial charge in [0.1, 0.15) is 5.00 Å². The average Bonchev–Trinajstić information content (AvgIpc) is 3.15. The van der Waals surface area contributed by atoms with E-state index in [-0.39, 0.29) is 5.97 Å². The molecule has 0 aliphatic heterocycles. The average molecular weight is 353 g/mol. The van der Waals surface area contributed by atoms with E-state index >= 15 is 0 Å². The smallest absolute Gasteiger partial charge is 0.341 e. The molecule has 4 nitrogen and oxygen atoms in total. The van der Waals surface area contributed by atoms with E-state index in [1.807, 2.05) is 20.8 Å². The van der Waals surface area contributed by atoms with Crippen molar-refractivity contribution >= 4 is 39.6 Å². The van der Waals surface area contributed by atoms with E-state index in [0.29, 0.717) is 23.3 Å². The molecule has 2 saturated carbocycles. The van der Waals surface area contributed by atoms with Crippen LogP contribution in [-0.4, -0.2) is 23.7 Å². The second kappa shape index (κ2) is 6.77. The van der Waals surface area contributed by atoms with Gasteiger partial charge in [-0.3, -0.25) is 0 Å². The number of hydrogen-bond donors (Lipinski definition) is 2. The Morgan fingerprint density at radius 1 is 1.35 bits per heavy atom. The summed E-state index contributed by atoms with van der Waals surface area (Å²) in [4.78, 5) is 13.3. The van der Waals surface area contributed by atoms with Crippen LogP contribution in [0.1, 0.15) is 53.4 Å². The Morgan fingerprint density at radius 3 is 2.74 bits per heavy atom. The van der Waals surface area contributed by atoms with E-state index in [1.54, 1.807) is 11.3 Å². The number of rotatable bonds is 4. The van der Waals surface area contributed by atoms with Crippen molar-refractivity contribution in [3.05, 3.63) is 16.0 Å². The van der Waals surface area contributed by atoms with Gasteiger partial charge in [-0.15, -0.1) is 11.3 Å². The first-order chi connectivity index (χ1) is 11.0. The zero-order valence-corrected chi connectivity index (χ0v) is 15.5. The predicted octanol–water partition coefficient (Wildman–Crippen LogP) is 4.02. The van der Waals surface area contributed by atoms with Gasteiger partial charge in [-0.1, -0.05) is 6.42 Å². The van der Waals surface area contributed by atoms with Crippen LogP contribution in [0.3, 0.4) is 0 Å². The predicted molar refractivity (Wildman–Crippen MR) is 98.3 cm³/mol. The molecule has 0 aromatic carbocycles. The lowest BCUT2D eigenvalue weighted by atomic mass is 9.96. The molecule has 3 rings (SSSR count). The summed E-state index contributed by atoms with van der Waals surface area (Å²) < 4.78 is 5.18. The summed E-state index contributed by atoms with van der Waals surface area (Å²) >= 11 is 7.04. The molecule has 0 unspecified atom stereocenters. The first kappa shape index (κ1) is 16.7. The lowest BCUT2D eigenvalue weighted by molar-refractivity contribution is 0.0527. The minimum Gasteiger partial charge on any atom is -0.462 e. The van der Waals surface area contributed by atoms with Gasteiger partial charge < -0.3 is 15.4 Å². The molecule has 1 aromatic heterocycles. The standard InChI is InChI=1S/C17H24N2O2S2/c1-4-21-16(20)14-9(2)10(3)23-15(14)19-17(22)18-13-8-11-5-6-12(13)7-11/h11-13H,4-8H2,1-3H3,(H2,18,19,22)/t11-,12-,13-/m0/s1. The number of thiocarbonyl (C=S) groups is 1. The van der Waals surface area contributed by atoms with Crippen molar-refractivity contribution in [2.24, 2.45) is 11.8 Å². The molecule has 2 aliphatic carbocycles. The van der Waals surface area contributed by atoms with Gasteiger partial charge in [-0.25, -0.2) is 4.79 Å². The van der Waals surface area contributed by atoms with E-state index in [4.69, 9.17) is 17.0 Å². The molecule has 1 heterocycles. The first-order valence-corrected chi connectivity index (χ1v) is 9.56. The Balaban J connectivity index is 1.68. The van der Waals surface area contributed by atoms with Crippen molar-refractivity contribution in [1.82, 2.24) is 5.32 Å². The van der Waals surface area contributed by atoms with E-state index in [1.165, 1.54) is 25.7 Å². The molecule has 2 bridgehead atoms. The molecule has 0 amide bonds. The van der Waals surface area contributed by atoms with Crippen LogP contribution >= 0.6 is 23.6 Å². The Kier molecular flexibility index (Phi) is 4.92. The number of aryl methyl sites for hydroxylation is 1. The Labute approximate surface area is 147 Å². The van der Waals surface area contributed by atoms with Crippen molar-refractivity contribution in [1.29, 1.82) is 0 Å². The molecule has 126 valence electrons. The molecule has 6 heteroatoms. The highest BCUT2D eigenvalue weighted by Gasteiger charge is 2.39. The number of nitrogens with one attached hydrogen (secondary N) is 2. The van der Waals surface area contributed by atoms with E-state index in [0.717, 1.165) is 27.3 Å². The summed E-state index contributed by atoms with van der Waals surface area (Å²) in [7, 11) is 0. The third-order valence-corrected chi connectivity index (χ3v) is 6.49. The van der Waals surface area contributed by atoms with Crippen molar-refractivity contribution in [3.63, 3.8) is 0 Å². The van der Waals surface area contributed by atoms with Gasteiger partial charge in [-0.05, 0) is 69.7 Å². The second-order valence-electron chi connectivity index (χ2n) is 6.59. The van der Waals surface area contributed by atoms with E-state index in [9.17, 15) is 4.79 Å². The van der Waals surface area contributed by atoms with Crippen LogP contribution in [0.25, 0.3) is 0 Å². The maximum absolute atomic E-state index is 12.2. The maximum atomic E-state index is 12.2. The molecular weight excluding hydrogens is 328 g/mol. The van der Waals surface area contributed by atoms with Gasteiger partial charge in [-0.2, -0.15) is 0 Å². The highest BCUT2D eigenvalue weighted by molar-refractivity contribution is 7.80. The lowest BCUT2D eigenvalue weighted by Crippen LogP contribution is -2.40. The SMILES string of the molecule is CCOC(=O)c1c(NC(=S)N[C@H]2C[C@H]3CC[C@H]2C3)sc(C)c1C. The Morgan fingerprint density at radius 2 is 2.13 bits per heavy atom. The molecule has 2 aliphatic rings. The minimum atomic E-state index is -0.278. The summed E-state index contributed by atoms with van der Waals surface area (Å²) in [5, 5.41) is 8.11. The fraction of sp³-hybridized carbons (Fsp3) is 0.647. The number of carbonyl (C=O) groups is 1. The van der Waals surface area contributed by atoms with Crippen LogP contribution in [0.4, 0.5) is 5.00 Å². The highest BCUT2D eigenvalue weighted by atomic mass is 32.1. The minimum absolute atomic E-state index is 0.278. The summed E-state index contributed by atoms with van der Waals surface area (Å²) in [5.74, 6) is 1.36. The van der Waals surface area contributed by atoms with Crippen LogP contribution in [0, 0.1) is 25.7 Å². The second-order valence-corrected chi connectivity index (χ2v) is 8.22. The van der Waals surface area contributed by atoms with Gasteiger partial charge in [0.2, 0.25) is 0 Å². The third-order valence-electron chi connectivity index (χ3n) is 5.15. The molecule has 0 spiro atoms. The summed E-state index contributed by atoms with van der Waals surface area (Å²) in [6.45, 7) is 6.16. The number of thiophene rings is 1. The Hall–Kier alpha value is -1.14. The summed E-state index contributed by atoms with van der Waals surface area (Å²) in [6.07, 6.45) is 5.25. The molecule has 0 radical (unpaired) electrons. The molecule has 1 aromatic rings. The fourth-order valence-corrected chi connectivity index (χ4v) is 5.26. The van der Waals surface area contributed by atoms with Crippen LogP contribution in [0.15, 0.2) is 0 Å². The quantitative estimate of drug-likeness (QED) is 0.633. The first-order valence-electron chi connectivity index (χ1n) is 8.34. The van der Waals surface area contributed by atoms with Gasteiger partial charge in [0.15, 0.2) is 5.11 Å². The molecular formula is C17H24N2O2S2. The van der Waals surface area contributed by atoms with E-state index in [2.05, 4.69) is 10.6 Å². The van der Waals surface area contributed by atoms with Gasteiger partial charge >= 0.3 is 5.97 Å². The lowest BCUT2D eigenvalue weighted by Gasteiger charge is -2.24. The normalized spacial score (nSPS) is 25.4. The van der Waals surface area contributed by atoms with Gasteiger partial charge in [0, 0.05) is 10.9 Å². The van der Waals surface area contributed by atoms with Crippen LogP contribution in [0.2, 0.25) is 0 Å². The maximum Gasteiger partial charge on any atom is 0.341 e. The van der Waals surface area contributed by atoms with Crippen molar-refractivity contribution < 1.29 is 9.53 Å². The largest absolute Gasteiger partial charge is 0.462 e. The summed E-state index contributed by atoms with van der Waals surface area (Å²) in [5.41, 5.74) is 1.59. The monoisotopic (exact) mass is 352 g/mol. The number of hydrogen-bond acceptors (Lipinski definition) is 4. The zero-order chi connectivity index (χ0) is 16.6. The molecule has 0 saturated heterocycles.